The standard InChI is InChI=1S/C16H14O6/c17-8-4-10-9(12(19)5-8)6-14(21)15(16(10)22)7-1-2-11(18)13(20)3-7/h1-5,14-15,17-21H,6H2. The van der Waals surface area contributed by atoms with Gasteiger partial charge in [-0.05, 0) is 23.8 Å². The normalized spacial score (nSPS) is 20.7. The maximum Gasteiger partial charge on any atom is 0.173 e. The number of rotatable bonds is 1. The average Bonchev–Trinajstić information content (AvgIpc) is 2.44. The van der Waals surface area contributed by atoms with Crippen molar-refractivity contribution in [1.29, 1.82) is 0 Å². The van der Waals surface area contributed by atoms with Crippen molar-refractivity contribution >= 4 is 5.78 Å². The van der Waals surface area contributed by atoms with Gasteiger partial charge in [-0.3, -0.25) is 4.79 Å². The number of benzene rings is 2. The van der Waals surface area contributed by atoms with Gasteiger partial charge in [0, 0.05) is 23.6 Å². The Kier molecular flexibility index (Phi) is 3.18. The number of fused-ring (bicyclic) bond motifs is 1. The smallest absolute Gasteiger partial charge is 0.173 e. The number of aromatic hydroxyl groups is 4. The van der Waals surface area contributed by atoms with Crippen LogP contribution in [-0.4, -0.2) is 37.4 Å². The minimum atomic E-state index is -1.08. The molecule has 114 valence electrons. The van der Waals surface area contributed by atoms with E-state index in [0.29, 0.717) is 5.56 Å². The van der Waals surface area contributed by atoms with Crippen molar-refractivity contribution in [1.82, 2.24) is 0 Å². The van der Waals surface area contributed by atoms with Crippen LogP contribution in [0.5, 0.6) is 23.0 Å². The van der Waals surface area contributed by atoms with E-state index in [-0.39, 0.29) is 40.5 Å². The summed E-state index contributed by atoms with van der Waals surface area (Å²) in [6.07, 6.45) is -1.04. The summed E-state index contributed by atoms with van der Waals surface area (Å²) in [5.41, 5.74) is 0.774. The van der Waals surface area contributed by atoms with Gasteiger partial charge < -0.3 is 25.5 Å². The van der Waals surface area contributed by atoms with Crippen LogP contribution in [0, 0.1) is 0 Å². The van der Waals surface area contributed by atoms with Crippen LogP contribution in [0.3, 0.4) is 0 Å². The largest absolute Gasteiger partial charge is 0.508 e. The molecule has 2 unspecified atom stereocenters. The van der Waals surface area contributed by atoms with Crippen molar-refractivity contribution < 1.29 is 30.3 Å². The molecule has 0 aliphatic heterocycles. The molecule has 6 nitrogen and oxygen atoms in total. The van der Waals surface area contributed by atoms with E-state index < -0.39 is 17.8 Å². The third kappa shape index (κ3) is 2.14. The van der Waals surface area contributed by atoms with Gasteiger partial charge in [-0.15, -0.1) is 0 Å². The van der Waals surface area contributed by atoms with Gasteiger partial charge in [-0.1, -0.05) is 6.07 Å². The topological polar surface area (TPSA) is 118 Å². The van der Waals surface area contributed by atoms with Gasteiger partial charge in [0.1, 0.15) is 11.5 Å². The molecule has 1 aliphatic carbocycles. The molecular weight excluding hydrogens is 288 g/mol. The number of phenolic OH excluding ortho intramolecular Hbond substituents is 4. The zero-order valence-electron chi connectivity index (χ0n) is 11.4. The number of hydrogen-bond acceptors (Lipinski definition) is 6. The fourth-order valence-electron chi connectivity index (χ4n) is 2.85. The third-order valence-electron chi connectivity index (χ3n) is 3.92. The molecule has 2 atom stereocenters. The predicted octanol–water partition coefficient (Wildman–Crippen LogP) is 1.39. The fraction of sp³-hybridized carbons (Fsp3) is 0.188. The number of carbonyl (C=O) groups is 1. The maximum atomic E-state index is 12.6. The zero-order chi connectivity index (χ0) is 16.0. The van der Waals surface area contributed by atoms with Gasteiger partial charge in [0.2, 0.25) is 0 Å². The Labute approximate surface area is 125 Å². The molecule has 0 aromatic heterocycles. The Hall–Kier alpha value is -2.73. The van der Waals surface area contributed by atoms with Crippen molar-refractivity contribution in [2.24, 2.45) is 0 Å². The maximum absolute atomic E-state index is 12.6. The molecule has 0 saturated heterocycles. The first-order valence-electron chi connectivity index (χ1n) is 6.67. The number of Topliss-reactive ketones (excluding diaryl/α,β-unsaturated/α-hetero) is 1. The minimum absolute atomic E-state index is 0.0412. The van der Waals surface area contributed by atoms with Crippen molar-refractivity contribution in [2.75, 3.05) is 0 Å². The number of hydrogen-bond donors (Lipinski definition) is 5. The molecule has 6 heteroatoms. The molecule has 3 rings (SSSR count). The molecule has 2 aromatic carbocycles. The number of carbonyl (C=O) groups excluding carboxylic acids is 1. The van der Waals surface area contributed by atoms with E-state index >= 15 is 0 Å². The Bertz CT molecular complexity index is 767. The van der Waals surface area contributed by atoms with Crippen LogP contribution in [0.25, 0.3) is 0 Å². The first-order chi connectivity index (χ1) is 10.4. The van der Waals surface area contributed by atoms with Gasteiger partial charge >= 0.3 is 0 Å². The van der Waals surface area contributed by atoms with Crippen LogP contribution in [0.2, 0.25) is 0 Å². The number of phenols is 4. The van der Waals surface area contributed by atoms with Crippen LogP contribution in [-0.2, 0) is 6.42 Å². The highest BCUT2D eigenvalue weighted by molar-refractivity contribution is 6.04. The van der Waals surface area contributed by atoms with E-state index in [0.717, 1.165) is 6.07 Å². The summed E-state index contributed by atoms with van der Waals surface area (Å²) >= 11 is 0. The Morgan fingerprint density at radius 1 is 0.909 bits per heavy atom. The van der Waals surface area contributed by atoms with Gasteiger partial charge in [0.25, 0.3) is 0 Å². The summed E-state index contributed by atoms with van der Waals surface area (Å²) in [5, 5.41) is 48.5. The van der Waals surface area contributed by atoms with E-state index in [9.17, 15) is 30.3 Å². The van der Waals surface area contributed by atoms with Gasteiger partial charge in [0.15, 0.2) is 17.3 Å². The second-order valence-electron chi connectivity index (χ2n) is 5.35. The first kappa shape index (κ1) is 14.2. The molecule has 1 aliphatic rings. The number of ketones is 1. The lowest BCUT2D eigenvalue weighted by Crippen LogP contribution is -2.33. The van der Waals surface area contributed by atoms with Crippen LogP contribution < -0.4 is 0 Å². The van der Waals surface area contributed by atoms with Crippen molar-refractivity contribution in [3.63, 3.8) is 0 Å². The molecule has 2 aromatic rings. The Morgan fingerprint density at radius 2 is 1.64 bits per heavy atom. The second kappa shape index (κ2) is 4.92. The molecule has 5 N–H and O–H groups in total. The highest BCUT2D eigenvalue weighted by Gasteiger charge is 2.37. The minimum Gasteiger partial charge on any atom is -0.508 e. The Balaban J connectivity index is 2.10. The summed E-state index contributed by atoms with van der Waals surface area (Å²) in [6, 6.07) is 6.26. The van der Waals surface area contributed by atoms with E-state index in [1.807, 2.05) is 0 Å². The monoisotopic (exact) mass is 302 g/mol. The summed E-state index contributed by atoms with van der Waals surface area (Å²) in [5.74, 6) is -2.60. The second-order valence-corrected chi connectivity index (χ2v) is 5.35. The quantitative estimate of drug-likeness (QED) is 0.508. The average molecular weight is 302 g/mol. The van der Waals surface area contributed by atoms with E-state index in [1.165, 1.54) is 24.3 Å². The van der Waals surface area contributed by atoms with E-state index in [2.05, 4.69) is 0 Å². The first-order valence-corrected chi connectivity index (χ1v) is 6.67. The predicted molar refractivity (Wildman–Crippen MR) is 76.3 cm³/mol. The molecule has 0 bridgehead atoms. The lowest BCUT2D eigenvalue weighted by molar-refractivity contribution is 0.0774. The van der Waals surface area contributed by atoms with Crippen molar-refractivity contribution in [2.45, 2.75) is 18.4 Å². The molecule has 0 fully saturated rings. The van der Waals surface area contributed by atoms with E-state index in [1.54, 1.807) is 0 Å². The number of aliphatic hydroxyl groups is 1. The van der Waals surface area contributed by atoms with Crippen LogP contribution in [0.1, 0.15) is 27.4 Å². The number of aliphatic hydroxyl groups excluding tert-OH is 1. The SMILES string of the molecule is O=C1c2cc(O)cc(O)c2CC(O)C1c1ccc(O)c(O)c1. The lowest BCUT2D eigenvalue weighted by atomic mass is 9.76. The zero-order valence-corrected chi connectivity index (χ0v) is 11.4. The van der Waals surface area contributed by atoms with Crippen LogP contribution in [0.15, 0.2) is 30.3 Å². The van der Waals surface area contributed by atoms with Crippen LogP contribution >= 0.6 is 0 Å². The molecule has 0 radical (unpaired) electrons. The van der Waals surface area contributed by atoms with Gasteiger partial charge in [0.05, 0.1) is 12.0 Å². The highest BCUT2D eigenvalue weighted by atomic mass is 16.3. The summed E-state index contributed by atoms with van der Waals surface area (Å²) in [7, 11) is 0. The molecule has 0 saturated carbocycles. The molecular formula is C16H14O6. The third-order valence-corrected chi connectivity index (χ3v) is 3.92. The lowest BCUT2D eigenvalue weighted by Gasteiger charge is -2.29. The Morgan fingerprint density at radius 3 is 2.32 bits per heavy atom. The van der Waals surface area contributed by atoms with Crippen LogP contribution in [0.4, 0.5) is 0 Å². The van der Waals surface area contributed by atoms with Gasteiger partial charge in [-0.2, -0.15) is 0 Å². The molecule has 0 heterocycles. The van der Waals surface area contributed by atoms with Crippen molar-refractivity contribution in [3.05, 3.63) is 47.0 Å². The molecule has 0 spiro atoms. The molecule has 0 amide bonds. The highest BCUT2D eigenvalue weighted by Crippen LogP contribution is 2.40. The summed E-state index contributed by atoms with van der Waals surface area (Å²) in [6.45, 7) is 0. The van der Waals surface area contributed by atoms with Crippen molar-refractivity contribution in [3.8, 4) is 23.0 Å². The summed E-state index contributed by atoms with van der Waals surface area (Å²) < 4.78 is 0. The summed E-state index contributed by atoms with van der Waals surface area (Å²) in [4.78, 5) is 12.6. The molecule has 22 heavy (non-hydrogen) atoms. The van der Waals surface area contributed by atoms with Gasteiger partial charge in [-0.25, -0.2) is 0 Å². The fourth-order valence-corrected chi connectivity index (χ4v) is 2.85. The van der Waals surface area contributed by atoms with E-state index in [4.69, 9.17) is 0 Å².